The van der Waals surface area contributed by atoms with E-state index in [1.165, 1.54) is 4.31 Å². The Balaban J connectivity index is 1.45. The minimum Gasteiger partial charge on any atom is -0.370 e. The quantitative estimate of drug-likeness (QED) is 0.642. The number of benzene rings is 1. The van der Waals surface area contributed by atoms with Gasteiger partial charge in [-0.3, -0.25) is 0 Å². The summed E-state index contributed by atoms with van der Waals surface area (Å²) in [5.74, 6) is 2.29. The fourth-order valence-corrected chi connectivity index (χ4v) is 4.91. The van der Waals surface area contributed by atoms with Crippen LogP contribution >= 0.6 is 0 Å². The number of nitrogens with one attached hydrogen (secondary N) is 1. The van der Waals surface area contributed by atoms with Gasteiger partial charge in [0.1, 0.15) is 17.5 Å². The Morgan fingerprint density at radius 3 is 2.43 bits per heavy atom. The summed E-state index contributed by atoms with van der Waals surface area (Å²) in [6.07, 6.45) is 3.50. The van der Waals surface area contributed by atoms with Gasteiger partial charge in [0, 0.05) is 51.2 Å². The monoisotopic (exact) mass is 427 g/mol. The van der Waals surface area contributed by atoms with Crippen molar-refractivity contribution in [3.63, 3.8) is 0 Å². The molecule has 2 aromatic heterocycles. The zero-order chi connectivity index (χ0) is 21.1. The van der Waals surface area contributed by atoms with Gasteiger partial charge in [0.25, 0.3) is 0 Å². The first kappa shape index (κ1) is 20.3. The summed E-state index contributed by atoms with van der Waals surface area (Å²) >= 11 is 0. The van der Waals surface area contributed by atoms with E-state index in [-0.39, 0.29) is 0 Å². The molecule has 1 aliphatic heterocycles. The number of piperazine rings is 1. The Morgan fingerprint density at radius 2 is 1.80 bits per heavy atom. The van der Waals surface area contributed by atoms with Crippen LogP contribution < -0.4 is 10.2 Å². The highest BCUT2D eigenvalue weighted by atomic mass is 32.2. The van der Waals surface area contributed by atoms with Gasteiger partial charge >= 0.3 is 0 Å². The van der Waals surface area contributed by atoms with E-state index >= 15 is 0 Å². The highest BCUT2D eigenvalue weighted by Crippen LogP contribution is 2.22. The van der Waals surface area contributed by atoms with Crippen LogP contribution in [-0.4, -0.2) is 65.2 Å². The maximum absolute atomic E-state index is 13.1. The van der Waals surface area contributed by atoms with Crippen molar-refractivity contribution in [3.05, 3.63) is 54.6 Å². The summed E-state index contributed by atoms with van der Waals surface area (Å²) in [5.41, 5.74) is 0.819. The number of aryl methyl sites for hydroxylation is 1. The smallest absolute Gasteiger partial charge is 0.243 e. The molecule has 0 saturated carbocycles. The van der Waals surface area contributed by atoms with E-state index in [1.807, 2.05) is 32.2 Å². The molecule has 1 aliphatic rings. The van der Waals surface area contributed by atoms with E-state index in [1.54, 1.807) is 35.1 Å². The van der Waals surface area contributed by atoms with Crippen molar-refractivity contribution in [1.82, 2.24) is 24.1 Å². The molecule has 0 spiro atoms. The van der Waals surface area contributed by atoms with Crippen LogP contribution in [0.2, 0.25) is 0 Å². The van der Waals surface area contributed by atoms with Crippen molar-refractivity contribution in [3.8, 4) is 5.69 Å². The lowest BCUT2D eigenvalue weighted by Gasteiger charge is -2.34. The van der Waals surface area contributed by atoms with Crippen LogP contribution in [-0.2, 0) is 10.0 Å². The predicted molar refractivity (Wildman–Crippen MR) is 115 cm³/mol. The minimum atomic E-state index is -3.55. The average Bonchev–Trinajstić information content (AvgIpc) is 3.29. The first-order chi connectivity index (χ1) is 14.5. The molecular formula is C20H25N7O2S. The van der Waals surface area contributed by atoms with Gasteiger partial charge in [-0.05, 0) is 44.2 Å². The largest absolute Gasteiger partial charge is 0.370 e. The average molecular weight is 428 g/mol. The topological polar surface area (TPSA) is 96.2 Å². The Labute approximate surface area is 176 Å². The third kappa shape index (κ3) is 4.14. The molecule has 4 rings (SSSR count). The van der Waals surface area contributed by atoms with Gasteiger partial charge in [0.2, 0.25) is 10.0 Å². The minimum absolute atomic E-state index is 0.291. The molecule has 10 heteroatoms. The zero-order valence-corrected chi connectivity index (χ0v) is 17.9. The molecule has 0 radical (unpaired) electrons. The van der Waals surface area contributed by atoms with E-state index < -0.39 is 10.0 Å². The normalized spacial score (nSPS) is 15.3. The first-order valence-electron chi connectivity index (χ1n) is 9.92. The second-order valence-corrected chi connectivity index (χ2v) is 8.96. The van der Waals surface area contributed by atoms with E-state index in [0.717, 1.165) is 23.9 Å². The molecule has 3 aromatic rings. The van der Waals surface area contributed by atoms with Gasteiger partial charge in [-0.25, -0.2) is 23.1 Å². The van der Waals surface area contributed by atoms with Gasteiger partial charge in [-0.2, -0.15) is 9.40 Å². The van der Waals surface area contributed by atoms with Crippen LogP contribution in [0.3, 0.4) is 0 Å². The highest BCUT2D eigenvalue weighted by Gasteiger charge is 2.29. The zero-order valence-electron chi connectivity index (χ0n) is 17.1. The predicted octanol–water partition coefficient (Wildman–Crippen LogP) is 1.91. The number of sulfonamides is 1. The summed E-state index contributed by atoms with van der Waals surface area (Å²) < 4.78 is 29.4. The van der Waals surface area contributed by atoms with Gasteiger partial charge in [0.15, 0.2) is 0 Å². The van der Waals surface area contributed by atoms with E-state index in [9.17, 15) is 8.42 Å². The summed E-state index contributed by atoms with van der Waals surface area (Å²) in [6, 6.07) is 10.5. The number of hydrogen-bond acceptors (Lipinski definition) is 7. The molecule has 1 fully saturated rings. The third-order valence-electron chi connectivity index (χ3n) is 4.99. The van der Waals surface area contributed by atoms with Crippen LogP contribution in [0.1, 0.15) is 12.7 Å². The number of rotatable bonds is 6. The fraction of sp³-hybridized carbons (Fsp3) is 0.350. The Morgan fingerprint density at radius 1 is 1.07 bits per heavy atom. The van der Waals surface area contributed by atoms with Crippen molar-refractivity contribution >= 4 is 21.7 Å². The molecule has 3 heterocycles. The summed E-state index contributed by atoms with van der Waals surface area (Å²) in [4.78, 5) is 11.3. The molecule has 158 valence electrons. The van der Waals surface area contributed by atoms with E-state index in [0.29, 0.717) is 36.9 Å². The Hall–Kier alpha value is -2.98. The number of nitrogens with zero attached hydrogens (tertiary/aromatic N) is 6. The number of anilines is 2. The lowest BCUT2D eigenvalue weighted by atomic mass is 10.3. The van der Waals surface area contributed by atoms with Crippen LogP contribution in [0.5, 0.6) is 0 Å². The van der Waals surface area contributed by atoms with Gasteiger partial charge in [-0.1, -0.05) is 0 Å². The second-order valence-electron chi connectivity index (χ2n) is 7.02. The van der Waals surface area contributed by atoms with Crippen molar-refractivity contribution in [2.75, 3.05) is 42.9 Å². The van der Waals surface area contributed by atoms with E-state index in [4.69, 9.17) is 0 Å². The van der Waals surface area contributed by atoms with Gasteiger partial charge < -0.3 is 10.2 Å². The van der Waals surface area contributed by atoms with E-state index in [2.05, 4.69) is 25.3 Å². The number of hydrogen-bond donors (Lipinski definition) is 1. The van der Waals surface area contributed by atoms with Crippen LogP contribution in [0.25, 0.3) is 5.69 Å². The molecule has 0 atom stereocenters. The molecule has 9 nitrogen and oxygen atoms in total. The number of aromatic nitrogens is 4. The Kier molecular flexibility index (Phi) is 5.69. The molecule has 0 unspecified atom stereocenters. The highest BCUT2D eigenvalue weighted by molar-refractivity contribution is 7.89. The van der Waals surface area contributed by atoms with Crippen LogP contribution in [0.4, 0.5) is 11.6 Å². The molecule has 1 saturated heterocycles. The Bertz CT molecular complexity index is 1090. The van der Waals surface area contributed by atoms with Crippen LogP contribution in [0, 0.1) is 6.92 Å². The molecule has 30 heavy (non-hydrogen) atoms. The molecule has 1 N–H and O–H groups in total. The summed E-state index contributed by atoms with van der Waals surface area (Å²) in [5, 5.41) is 7.37. The van der Waals surface area contributed by atoms with Crippen molar-refractivity contribution in [2.45, 2.75) is 18.7 Å². The van der Waals surface area contributed by atoms with Crippen molar-refractivity contribution in [2.24, 2.45) is 0 Å². The maximum Gasteiger partial charge on any atom is 0.243 e. The first-order valence-corrected chi connectivity index (χ1v) is 11.4. The third-order valence-corrected chi connectivity index (χ3v) is 6.90. The SMILES string of the molecule is CCNc1cc(N2CCN(S(=O)(=O)c3ccc(-n4cccn4)cc3)CC2)nc(C)n1. The van der Waals surface area contributed by atoms with Crippen molar-refractivity contribution < 1.29 is 8.42 Å². The summed E-state index contributed by atoms with van der Waals surface area (Å²) in [6.45, 7) is 6.62. The fourth-order valence-electron chi connectivity index (χ4n) is 3.48. The maximum atomic E-state index is 13.1. The lowest BCUT2D eigenvalue weighted by molar-refractivity contribution is 0.383. The summed E-state index contributed by atoms with van der Waals surface area (Å²) in [7, 11) is -3.55. The molecular weight excluding hydrogens is 402 g/mol. The lowest BCUT2D eigenvalue weighted by Crippen LogP contribution is -2.49. The standard InChI is InChI=1S/C20H25N7O2S/c1-3-21-19-15-20(24-16(2)23-19)25-11-13-26(14-12-25)30(28,29)18-7-5-17(6-8-18)27-10-4-9-22-27/h4-10,15H,3,11-14H2,1-2H3,(H,21,23,24). The molecule has 0 bridgehead atoms. The molecule has 0 aliphatic carbocycles. The molecule has 0 amide bonds. The van der Waals surface area contributed by atoms with Crippen molar-refractivity contribution in [1.29, 1.82) is 0 Å². The van der Waals surface area contributed by atoms with Gasteiger partial charge in [-0.15, -0.1) is 0 Å². The van der Waals surface area contributed by atoms with Crippen LogP contribution in [0.15, 0.2) is 53.7 Å². The van der Waals surface area contributed by atoms with Gasteiger partial charge in [0.05, 0.1) is 10.6 Å². The second kappa shape index (κ2) is 8.41. The molecule has 1 aromatic carbocycles.